The molecule has 3 N–H and O–H groups in total. The Hall–Kier alpha value is -1.40. The molecule has 1 aromatic rings. The van der Waals surface area contributed by atoms with Gasteiger partial charge in [0.25, 0.3) is 0 Å². The molecule has 0 aliphatic carbocycles. The van der Waals surface area contributed by atoms with Crippen molar-refractivity contribution < 1.29 is 9.59 Å². The van der Waals surface area contributed by atoms with Gasteiger partial charge in [-0.05, 0) is 32.9 Å². The summed E-state index contributed by atoms with van der Waals surface area (Å²) in [7, 11) is 0. The smallest absolute Gasteiger partial charge is 0.249 e. The third-order valence-corrected chi connectivity index (χ3v) is 3.67. The number of nitrogens with zero attached hydrogens (tertiary/aromatic N) is 1. The van der Waals surface area contributed by atoms with Crippen LogP contribution in [0.2, 0.25) is 0 Å². The Morgan fingerprint density at radius 3 is 2.70 bits per heavy atom. The van der Waals surface area contributed by atoms with Crippen LogP contribution < -0.4 is 16.0 Å². The molecule has 0 saturated heterocycles. The van der Waals surface area contributed by atoms with E-state index in [1.165, 1.54) is 4.90 Å². The van der Waals surface area contributed by atoms with Crippen molar-refractivity contribution >= 4 is 33.4 Å². The minimum atomic E-state index is -0.719. The first-order valence-corrected chi connectivity index (χ1v) is 7.16. The summed E-state index contributed by atoms with van der Waals surface area (Å²) in [6.45, 7) is 5.67. The van der Waals surface area contributed by atoms with Gasteiger partial charge >= 0.3 is 0 Å². The summed E-state index contributed by atoms with van der Waals surface area (Å²) in [5, 5.41) is 2.84. The summed E-state index contributed by atoms with van der Waals surface area (Å²) in [6, 6.07) is 4.74. The van der Waals surface area contributed by atoms with Crippen LogP contribution in [0.15, 0.2) is 22.7 Å². The maximum Gasteiger partial charge on any atom is 0.249 e. The topological polar surface area (TPSA) is 75.4 Å². The van der Waals surface area contributed by atoms with Gasteiger partial charge in [-0.15, -0.1) is 0 Å². The molecule has 0 saturated carbocycles. The van der Waals surface area contributed by atoms with Crippen LogP contribution in [0.5, 0.6) is 0 Å². The van der Waals surface area contributed by atoms with E-state index in [9.17, 15) is 9.59 Å². The minimum absolute atomic E-state index is 0.0206. The number of carbonyl (C=O) groups excluding carboxylic acids is 2. The Morgan fingerprint density at radius 2 is 2.10 bits per heavy atom. The normalized spacial score (nSPS) is 18.1. The van der Waals surface area contributed by atoms with Crippen molar-refractivity contribution in [2.45, 2.75) is 32.4 Å². The SMILES string of the molecule is CC(C)(C)NC(=O)CN1C(=O)C(N)c2c(Br)cccc21. The van der Waals surface area contributed by atoms with E-state index in [1.54, 1.807) is 6.07 Å². The van der Waals surface area contributed by atoms with Crippen molar-refractivity contribution in [3.63, 3.8) is 0 Å². The van der Waals surface area contributed by atoms with Crippen molar-refractivity contribution in [1.82, 2.24) is 5.32 Å². The van der Waals surface area contributed by atoms with Gasteiger partial charge in [-0.2, -0.15) is 0 Å². The second kappa shape index (κ2) is 5.18. The monoisotopic (exact) mass is 339 g/mol. The fourth-order valence-corrected chi connectivity index (χ4v) is 2.85. The predicted octanol–water partition coefficient (Wildman–Crippen LogP) is 1.71. The quantitative estimate of drug-likeness (QED) is 0.861. The van der Waals surface area contributed by atoms with Gasteiger partial charge < -0.3 is 16.0 Å². The Morgan fingerprint density at radius 1 is 1.45 bits per heavy atom. The van der Waals surface area contributed by atoms with E-state index in [4.69, 9.17) is 5.73 Å². The zero-order valence-corrected chi connectivity index (χ0v) is 13.3. The lowest BCUT2D eigenvalue weighted by Gasteiger charge is -2.23. The highest BCUT2D eigenvalue weighted by atomic mass is 79.9. The van der Waals surface area contributed by atoms with Gasteiger partial charge in [-0.3, -0.25) is 9.59 Å². The number of hydrogen-bond acceptors (Lipinski definition) is 3. The number of benzene rings is 1. The van der Waals surface area contributed by atoms with Crippen molar-refractivity contribution in [1.29, 1.82) is 0 Å². The van der Waals surface area contributed by atoms with Crippen LogP contribution in [0.1, 0.15) is 32.4 Å². The molecule has 20 heavy (non-hydrogen) atoms. The first-order valence-electron chi connectivity index (χ1n) is 6.37. The number of nitrogens with two attached hydrogens (primary N) is 1. The van der Waals surface area contributed by atoms with E-state index < -0.39 is 6.04 Å². The summed E-state index contributed by atoms with van der Waals surface area (Å²) >= 11 is 3.40. The molecule has 0 radical (unpaired) electrons. The molecule has 0 aromatic heterocycles. The zero-order valence-electron chi connectivity index (χ0n) is 11.7. The highest BCUT2D eigenvalue weighted by Crippen LogP contribution is 2.38. The lowest BCUT2D eigenvalue weighted by Crippen LogP contribution is -2.47. The van der Waals surface area contributed by atoms with Gasteiger partial charge in [0, 0.05) is 15.6 Å². The third-order valence-electron chi connectivity index (χ3n) is 2.98. The molecule has 0 fully saturated rings. The first-order chi connectivity index (χ1) is 9.20. The van der Waals surface area contributed by atoms with Gasteiger partial charge in [0.05, 0.1) is 5.69 Å². The average Bonchev–Trinajstić information content (AvgIpc) is 2.53. The zero-order chi connectivity index (χ0) is 15.1. The first kappa shape index (κ1) is 15.0. The number of anilines is 1. The minimum Gasteiger partial charge on any atom is -0.350 e. The molecule has 5 nitrogen and oxygen atoms in total. The highest BCUT2D eigenvalue weighted by Gasteiger charge is 2.37. The molecule has 1 aromatic carbocycles. The van der Waals surface area contributed by atoms with Gasteiger partial charge in [0.2, 0.25) is 11.8 Å². The van der Waals surface area contributed by atoms with Crippen LogP contribution in [-0.4, -0.2) is 23.9 Å². The summed E-state index contributed by atoms with van der Waals surface area (Å²) in [5.74, 6) is -0.457. The van der Waals surface area contributed by atoms with Crippen LogP contribution in [0.4, 0.5) is 5.69 Å². The van der Waals surface area contributed by atoms with E-state index in [0.29, 0.717) is 5.69 Å². The number of hydrogen-bond donors (Lipinski definition) is 2. The molecule has 2 amide bonds. The van der Waals surface area contributed by atoms with Crippen LogP contribution >= 0.6 is 15.9 Å². The van der Waals surface area contributed by atoms with Crippen LogP contribution in [-0.2, 0) is 9.59 Å². The molecule has 0 bridgehead atoms. The fourth-order valence-electron chi connectivity index (χ4n) is 2.24. The average molecular weight is 340 g/mol. The number of amides is 2. The van der Waals surface area contributed by atoms with E-state index >= 15 is 0 Å². The number of rotatable bonds is 2. The Bertz CT molecular complexity index is 566. The maximum absolute atomic E-state index is 12.2. The third kappa shape index (κ3) is 2.86. The summed E-state index contributed by atoms with van der Waals surface area (Å²) in [4.78, 5) is 25.7. The van der Waals surface area contributed by atoms with Crippen molar-refractivity contribution in [3.05, 3.63) is 28.2 Å². The highest BCUT2D eigenvalue weighted by molar-refractivity contribution is 9.10. The van der Waals surface area contributed by atoms with E-state index in [0.717, 1.165) is 10.0 Å². The second-order valence-electron chi connectivity index (χ2n) is 5.87. The van der Waals surface area contributed by atoms with Crippen LogP contribution in [0, 0.1) is 0 Å². The van der Waals surface area contributed by atoms with E-state index in [2.05, 4.69) is 21.2 Å². The molecular formula is C14H18BrN3O2. The van der Waals surface area contributed by atoms with Gasteiger partial charge in [-0.1, -0.05) is 22.0 Å². The van der Waals surface area contributed by atoms with Crippen LogP contribution in [0.3, 0.4) is 0 Å². The predicted molar refractivity (Wildman–Crippen MR) is 81.3 cm³/mol. The molecule has 0 spiro atoms. The maximum atomic E-state index is 12.2. The number of carbonyl (C=O) groups is 2. The standard InChI is InChI=1S/C14H18BrN3O2/c1-14(2,3)17-10(19)7-18-9-6-4-5-8(15)11(9)12(16)13(18)20/h4-6,12H,7,16H2,1-3H3,(H,17,19). The number of halogens is 1. The van der Waals surface area contributed by atoms with Gasteiger partial charge in [-0.25, -0.2) is 0 Å². The fraction of sp³-hybridized carbons (Fsp3) is 0.429. The summed E-state index contributed by atoms with van der Waals surface area (Å²) < 4.78 is 0.787. The van der Waals surface area contributed by atoms with Crippen molar-refractivity contribution in [2.75, 3.05) is 11.4 Å². The summed E-state index contributed by atoms with van der Waals surface area (Å²) in [6.07, 6.45) is 0. The molecule has 1 atom stereocenters. The molecule has 108 valence electrons. The lowest BCUT2D eigenvalue weighted by atomic mass is 10.1. The van der Waals surface area contributed by atoms with Gasteiger partial charge in [0.15, 0.2) is 0 Å². The molecule has 1 unspecified atom stereocenters. The Balaban J connectivity index is 2.25. The largest absolute Gasteiger partial charge is 0.350 e. The van der Waals surface area contributed by atoms with E-state index in [1.807, 2.05) is 32.9 Å². The Labute approximate surface area is 126 Å². The lowest BCUT2D eigenvalue weighted by molar-refractivity contribution is -0.124. The molecule has 1 aliphatic heterocycles. The molecule has 1 heterocycles. The molecular weight excluding hydrogens is 322 g/mol. The van der Waals surface area contributed by atoms with Crippen molar-refractivity contribution in [2.24, 2.45) is 5.73 Å². The number of nitrogens with one attached hydrogen (secondary N) is 1. The van der Waals surface area contributed by atoms with E-state index in [-0.39, 0.29) is 23.9 Å². The molecule has 1 aliphatic rings. The molecule has 2 rings (SSSR count). The number of fused-ring (bicyclic) bond motifs is 1. The van der Waals surface area contributed by atoms with Crippen molar-refractivity contribution in [3.8, 4) is 0 Å². The molecule has 6 heteroatoms. The second-order valence-corrected chi connectivity index (χ2v) is 6.73. The Kier molecular flexibility index (Phi) is 3.88. The summed E-state index contributed by atoms with van der Waals surface area (Å²) in [5.41, 5.74) is 7.03. The van der Waals surface area contributed by atoms with Crippen LogP contribution in [0.25, 0.3) is 0 Å². The van der Waals surface area contributed by atoms with Gasteiger partial charge in [0.1, 0.15) is 12.6 Å².